The lowest BCUT2D eigenvalue weighted by Crippen LogP contribution is -2.23. The minimum absolute atomic E-state index is 0.114. The molecule has 1 aromatic heterocycles. The molecule has 0 radical (unpaired) electrons. The molecule has 0 bridgehead atoms. The van der Waals surface area contributed by atoms with Crippen LogP contribution in [0.25, 0.3) is 0 Å². The zero-order valence-electron chi connectivity index (χ0n) is 10.3. The first kappa shape index (κ1) is 13.0. The molecule has 2 aromatic rings. The van der Waals surface area contributed by atoms with Crippen LogP contribution in [0, 0.1) is 0 Å². The molecular formula is C14H16ClN3. The van der Waals surface area contributed by atoms with E-state index in [2.05, 4.69) is 22.2 Å². The van der Waals surface area contributed by atoms with Crippen molar-refractivity contribution in [3.05, 3.63) is 59.1 Å². The SMILES string of the molecule is CCCNC(c1ccc(Cl)cc1)c1cncnc1. The zero-order valence-corrected chi connectivity index (χ0v) is 11.1. The summed E-state index contributed by atoms with van der Waals surface area (Å²) in [6.07, 6.45) is 6.31. The number of rotatable bonds is 5. The van der Waals surface area contributed by atoms with Crippen molar-refractivity contribution in [2.75, 3.05) is 6.54 Å². The second-order valence-corrected chi connectivity index (χ2v) is 4.55. The van der Waals surface area contributed by atoms with E-state index in [0.29, 0.717) is 0 Å². The Morgan fingerprint density at radius 3 is 2.39 bits per heavy atom. The molecule has 0 aliphatic rings. The fourth-order valence-electron chi connectivity index (χ4n) is 1.83. The van der Waals surface area contributed by atoms with Crippen molar-refractivity contribution in [1.29, 1.82) is 0 Å². The molecule has 4 heteroatoms. The summed E-state index contributed by atoms with van der Waals surface area (Å²) in [5.74, 6) is 0. The Hall–Kier alpha value is -1.45. The van der Waals surface area contributed by atoms with Crippen molar-refractivity contribution < 1.29 is 0 Å². The van der Waals surface area contributed by atoms with E-state index < -0.39 is 0 Å². The summed E-state index contributed by atoms with van der Waals surface area (Å²) in [5, 5.41) is 4.25. The molecule has 0 fully saturated rings. The number of nitrogens with zero attached hydrogens (tertiary/aromatic N) is 2. The Morgan fingerprint density at radius 2 is 1.78 bits per heavy atom. The highest BCUT2D eigenvalue weighted by atomic mass is 35.5. The number of aromatic nitrogens is 2. The highest BCUT2D eigenvalue weighted by Gasteiger charge is 2.13. The zero-order chi connectivity index (χ0) is 12.8. The summed E-state index contributed by atoms with van der Waals surface area (Å²) in [4.78, 5) is 8.16. The molecule has 1 aromatic carbocycles. The molecule has 3 nitrogen and oxygen atoms in total. The van der Waals surface area contributed by atoms with E-state index in [1.807, 2.05) is 36.7 Å². The minimum atomic E-state index is 0.114. The van der Waals surface area contributed by atoms with Crippen molar-refractivity contribution >= 4 is 11.6 Å². The van der Waals surface area contributed by atoms with Crippen LogP contribution in [0.4, 0.5) is 0 Å². The van der Waals surface area contributed by atoms with Crippen LogP contribution in [-0.4, -0.2) is 16.5 Å². The lowest BCUT2D eigenvalue weighted by Gasteiger charge is -2.18. The molecule has 18 heavy (non-hydrogen) atoms. The molecule has 0 saturated carbocycles. The van der Waals surface area contributed by atoms with Gasteiger partial charge in [0.1, 0.15) is 6.33 Å². The van der Waals surface area contributed by atoms with Gasteiger partial charge in [-0.1, -0.05) is 30.7 Å². The van der Waals surface area contributed by atoms with Crippen LogP contribution in [0.15, 0.2) is 43.0 Å². The fourth-order valence-corrected chi connectivity index (χ4v) is 1.96. The second kappa shape index (κ2) is 6.47. The summed E-state index contributed by atoms with van der Waals surface area (Å²) in [6, 6.07) is 7.98. The largest absolute Gasteiger partial charge is 0.306 e. The minimum Gasteiger partial charge on any atom is -0.306 e. The Kier molecular flexibility index (Phi) is 4.67. The molecule has 0 aliphatic heterocycles. The molecule has 0 spiro atoms. The molecule has 94 valence electrons. The van der Waals surface area contributed by atoms with Gasteiger partial charge in [-0.15, -0.1) is 0 Å². The Bertz CT molecular complexity index is 470. The van der Waals surface area contributed by atoms with Crippen LogP contribution >= 0.6 is 11.6 Å². The Labute approximate surface area is 112 Å². The summed E-state index contributed by atoms with van der Waals surface area (Å²) in [5.41, 5.74) is 2.23. The molecule has 2 rings (SSSR count). The van der Waals surface area contributed by atoms with Crippen molar-refractivity contribution in [2.24, 2.45) is 0 Å². The third kappa shape index (κ3) is 3.28. The number of halogens is 1. The maximum Gasteiger partial charge on any atom is 0.115 e. The maximum atomic E-state index is 5.92. The van der Waals surface area contributed by atoms with Gasteiger partial charge < -0.3 is 5.32 Å². The molecule has 1 atom stereocenters. The highest BCUT2D eigenvalue weighted by Crippen LogP contribution is 2.22. The third-order valence-electron chi connectivity index (χ3n) is 2.72. The number of benzene rings is 1. The summed E-state index contributed by atoms with van der Waals surface area (Å²) in [7, 11) is 0. The molecule has 0 saturated heterocycles. The fraction of sp³-hybridized carbons (Fsp3) is 0.286. The monoisotopic (exact) mass is 261 g/mol. The van der Waals surface area contributed by atoms with Crippen LogP contribution in [0.2, 0.25) is 5.02 Å². The van der Waals surface area contributed by atoms with Crippen LogP contribution in [0.5, 0.6) is 0 Å². The number of nitrogens with one attached hydrogen (secondary N) is 1. The molecular weight excluding hydrogens is 246 g/mol. The van der Waals surface area contributed by atoms with Gasteiger partial charge in [0.2, 0.25) is 0 Å². The average molecular weight is 262 g/mol. The van der Waals surface area contributed by atoms with Gasteiger partial charge in [0.05, 0.1) is 6.04 Å². The van der Waals surface area contributed by atoms with E-state index in [1.165, 1.54) is 5.56 Å². The predicted molar refractivity (Wildman–Crippen MR) is 73.6 cm³/mol. The van der Waals surface area contributed by atoms with Gasteiger partial charge in [0.25, 0.3) is 0 Å². The smallest absolute Gasteiger partial charge is 0.115 e. The highest BCUT2D eigenvalue weighted by molar-refractivity contribution is 6.30. The van der Waals surface area contributed by atoms with Gasteiger partial charge in [-0.2, -0.15) is 0 Å². The van der Waals surface area contributed by atoms with Gasteiger partial charge in [-0.05, 0) is 30.7 Å². The van der Waals surface area contributed by atoms with E-state index in [4.69, 9.17) is 11.6 Å². The van der Waals surface area contributed by atoms with Gasteiger partial charge in [-0.3, -0.25) is 0 Å². The van der Waals surface area contributed by atoms with Crippen molar-refractivity contribution in [3.63, 3.8) is 0 Å². The lowest BCUT2D eigenvalue weighted by atomic mass is 10.0. The van der Waals surface area contributed by atoms with Crippen LogP contribution < -0.4 is 5.32 Å². The first-order valence-corrected chi connectivity index (χ1v) is 6.43. The lowest BCUT2D eigenvalue weighted by molar-refractivity contribution is 0.595. The van der Waals surface area contributed by atoms with Crippen LogP contribution in [-0.2, 0) is 0 Å². The summed E-state index contributed by atoms with van der Waals surface area (Å²) < 4.78 is 0. The van der Waals surface area contributed by atoms with Gasteiger partial charge in [0.15, 0.2) is 0 Å². The molecule has 1 unspecified atom stereocenters. The van der Waals surface area contributed by atoms with E-state index in [9.17, 15) is 0 Å². The molecule has 0 amide bonds. The van der Waals surface area contributed by atoms with Crippen molar-refractivity contribution in [2.45, 2.75) is 19.4 Å². The average Bonchev–Trinajstić information content (AvgIpc) is 2.42. The first-order valence-electron chi connectivity index (χ1n) is 6.05. The van der Waals surface area contributed by atoms with Crippen LogP contribution in [0.1, 0.15) is 30.5 Å². The van der Waals surface area contributed by atoms with E-state index in [-0.39, 0.29) is 6.04 Å². The van der Waals surface area contributed by atoms with E-state index in [1.54, 1.807) is 6.33 Å². The Morgan fingerprint density at radius 1 is 1.11 bits per heavy atom. The third-order valence-corrected chi connectivity index (χ3v) is 2.97. The molecule has 1 heterocycles. The first-order chi connectivity index (χ1) is 8.81. The topological polar surface area (TPSA) is 37.8 Å². The summed E-state index contributed by atoms with van der Waals surface area (Å²) in [6.45, 7) is 3.09. The normalized spacial score (nSPS) is 12.3. The van der Waals surface area contributed by atoms with Crippen molar-refractivity contribution in [3.8, 4) is 0 Å². The molecule has 0 aliphatic carbocycles. The quantitative estimate of drug-likeness (QED) is 0.898. The van der Waals surface area contributed by atoms with Crippen molar-refractivity contribution in [1.82, 2.24) is 15.3 Å². The second-order valence-electron chi connectivity index (χ2n) is 4.11. The maximum absolute atomic E-state index is 5.92. The standard InChI is InChI=1S/C14H16ClN3/c1-2-7-18-14(12-8-16-10-17-9-12)11-3-5-13(15)6-4-11/h3-6,8-10,14,18H,2,7H2,1H3. The van der Waals surface area contributed by atoms with E-state index in [0.717, 1.165) is 23.6 Å². The van der Waals surface area contributed by atoms with Gasteiger partial charge in [0, 0.05) is 23.0 Å². The van der Waals surface area contributed by atoms with Gasteiger partial charge >= 0.3 is 0 Å². The number of hydrogen-bond acceptors (Lipinski definition) is 3. The van der Waals surface area contributed by atoms with Crippen LogP contribution in [0.3, 0.4) is 0 Å². The Balaban J connectivity index is 2.27. The molecule has 1 N–H and O–H groups in total. The summed E-state index contributed by atoms with van der Waals surface area (Å²) >= 11 is 5.92. The van der Waals surface area contributed by atoms with E-state index >= 15 is 0 Å². The van der Waals surface area contributed by atoms with Gasteiger partial charge in [-0.25, -0.2) is 9.97 Å². The number of hydrogen-bond donors (Lipinski definition) is 1. The predicted octanol–water partition coefficient (Wildman–Crippen LogP) is 3.22.